The van der Waals surface area contributed by atoms with Crippen molar-refractivity contribution in [1.29, 1.82) is 0 Å². The molecule has 1 unspecified atom stereocenters. The minimum atomic E-state index is -0.685. The van der Waals surface area contributed by atoms with Crippen LogP contribution in [-0.4, -0.2) is 66.2 Å². The molecule has 0 aliphatic carbocycles. The van der Waals surface area contributed by atoms with E-state index in [0.717, 1.165) is 0 Å². The Morgan fingerprint density at radius 1 is 1.14 bits per heavy atom. The SMILES string of the molecule is O=C(c1ccc(Cl)cc1Cl)N1CCN(CC(O)COCc2ccccc2F)CC1. The number of halogens is 3. The molecule has 2 aromatic rings. The molecule has 0 saturated carbocycles. The van der Waals surface area contributed by atoms with Gasteiger partial charge in [0.05, 0.1) is 29.9 Å². The van der Waals surface area contributed by atoms with Gasteiger partial charge in [-0.1, -0.05) is 41.4 Å². The van der Waals surface area contributed by atoms with Gasteiger partial charge in [0, 0.05) is 43.3 Å². The van der Waals surface area contributed by atoms with Crippen LogP contribution in [0.15, 0.2) is 42.5 Å². The minimum absolute atomic E-state index is 0.119. The van der Waals surface area contributed by atoms with E-state index in [0.29, 0.717) is 53.9 Å². The van der Waals surface area contributed by atoms with Gasteiger partial charge in [-0.15, -0.1) is 0 Å². The maximum absolute atomic E-state index is 13.6. The normalized spacial score (nSPS) is 16.1. The predicted octanol–water partition coefficient (Wildman–Crippen LogP) is 3.47. The molecule has 3 rings (SSSR count). The fraction of sp³-hybridized carbons (Fsp3) is 0.381. The minimum Gasteiger partial charge on any atom is -0.389 e. The van der Waals surface area contributed by atoms with Crippen molar-refractivity contribution >= 4 is 29.1 Å². The highest BCUT2D eigenvalue weighted by molar-refractivity contribution is 6.36. The van der Waals surface area contributed by atoms with E-state index < -0.39 is 6.10 Å². The molecule has 0 bridgehead atoms. The van der Waals surface area contributed by atoms with Crippen LogP contribution in [0.5, 0.6) is 0 Å². The summed E-state index contributed by atoms with van der Waals surface area (Å²) in [7, 11) is 0. The van der Waals surface area contributed by atoms with Gasteiger partial charge in [-0.2, -0.15) is 0 Å². The zero-order valence-electron chi connectivity index (χ0n) is 15.9. The van der Waals surface area contributed by atoms with Crippen molar-refractivity contribution in [1.82, 2.24) is 9.80 Å². The lowest BCUT2D eigenvalue weighted by molar-refractivity contribution is 0.00143. The quantitative estimate of drug-likeness (QED) is 0.715. The van der Waals surface area contributed by atoms with E-state index in [9.17, 15) is 14.3 Å². The number of β-amino-alcohol motifs (C(OH)–C–C–N with tert-alkyl or cyclic N) is 1. The Morgan fingerprint density at radius 2 is 1.86 bits per heavy atom. The summed E-state index contributed by atoms with van der Waals surface area (Å²) in [5, 5.41) is 11.0. The van der Waals surface area contributed by atoms with Crippen LogP contribution in [0, 0.1) is 5.82 Å². The second kappa shape index (κ2) is 10.4. The van der Waals surface area contributed by atoms with Gasteiger partial charge in [0.1, 0.15) is 5.82 Å². The molecule has 0 aromatic heterocycles. The molecular weight excluding hydrogens is 418 g/mol. The van der Waals surface area contributed by atoms with Crippen molar-refractivity contribution in [3.05, 3.63) is 69.5 Å². The van der Waals surface area contributed by atoms with E-state index in [1.807, 2.05) is 0 Å². The number of aliphatic hydroxyl groups is 1. The molecule has 1 N–H and O–H groups in total. The zero-order valence-corrected chi connectivity index (χ0v) is 17.4. The molecule has 5 nitrogen and oxygen atoms in total. The van der Waals surface area contributed by atoms with E-state index in [2.05, 4.69) is 4.90 Å². The standard InChI is InChI=1S/C21H23Cl2FN2O3/c22-16-5-6-18(19(23)11-16)21(28)26-9-7-25(8-10-26)12-17(27)14-29-13-15-3-1-2-4-20(15)24/h1-6,11,17,27H,7-10,12-14H2. The van der Waals surface area contributed by atoms with Crippen LogP contribution in [0.25, 0.3) is 0 Å². The summed E-state index contributed by atoms with van der Waals surface area (Å²) in [4.78, 5) is 16.5. The number of nitrogens with zero attached hydrogens (tertiary/aromatic N) is 2. The lowest BCUT2D eigenvalue weighted by Gasteiger charge is -2.35. The first-order chi connectivity index (χ1) is 13.9. The number of ether oxygens (including phenoxy) is 1. The Hall–Kier alpha value is -1.70. The first kappa shape index (κ1) is 22.0. The number of hydrogen-bond acceptors (Lipinski definition) is 4. The molecule has 0 radical (unpaired) electrons. The average Bonchev–Trinajstić information content (AvgIpc) is 2.69. The Labute approximate surface area is 179 Å². The summed E-state index contributed by atoms with van der Waals surface area (Å²) in [6, 6.07) is 11.3. The summed E-state index contributed by atoms with van der Waals surface area (Å²) in [5.41, 5.74) is 0.902. The molecule has 1 heterocycles. The topological polar surface area (TPSA) is 53.0 Å². The molecular formula is C21H23Cl2FN2O3. The Bertz CT molecular complexity index is 844. The first-order valence-electron chi connectivity index (χ1n) is 9.40. The Morgan fingerprint density at radius 3 is 2.55 bits per heavy atom. The fourth-order valence-corrected chi connectivity index (χ4v) is 3.73. The van der Waals surface area contributed by atoms with Crippen LogP contribution < -0.4 is 0 Å². The maximum Gasteiger partial charge on any atom is 0.255 e. The first-order valence-corrected chi connectivity index (χ1v) is 10.2. The van der Waals surface area contributed by atoms with Gasteiger partial charge in [0.25, 0.3) is 5.91 Å². The van der Waals surface area contributed by atoms with Gasteiger partial charge >= 0.3 is 0 Å². The molecule has 1 aliphatic rings. The zero-order chi connectivity index (χ0) is 20.8. The van der Waals surface area contributed by atoms with Crippen LogP contribution in [0.2, 0.25) is 10.0 Å². The summed E-state index contributed by atoms with van der Waals surface area (Å²) in [6.07, 6.45) is -0.685. The summed E-state index contributed by atoms with van der Waals surface area (Å²) >= 11 is 12.0. The fourth-order valence-electron chi connectivity index (χ4n) is 3.24. The van der Waals surface area contributed by atoms with Gasteiger partial charge in [-0.25, -0.2) is 4.39 Å². The molecule has 1 aliphatic heterocycles. The Balaban J connectivity index is 1.41. The maximum atomic E-state index is 13.6. The van der Waals surface area contributed by atoms with E-state index in [1.54, 1.807) is 41.3 Å². The largest absolute Gasteiger partial charge is 0.389 e. The van der Waals surface area contributed by atoms with Gasteiger partial charge < -0.3 is 14.7 Å². The van der Waals surface area contributed by atoms with E-state index >= 15 is 0 Å². The predicted molar refractivity (Wildman–Crippen MR) is 111 cm³/mol. The third-order valence-electron chi connectivity index (χ3n) is 4.82. The number of hydrogen-bond donors (Lipinski definition) is 1. The average molecular weight is 441 g/mol. The van der Waals surface area contributed by atoms with E-state index in [-0.39, 0.29) is 24.9 Å². The molecule has 0 spiro atoms. The number of piperazine rings is 1. The molecule has 156 valence electrons. The lowest BCUT2D eigenvalue weighted by atomic mass is 10.1. The summed E-state index contributed by atoms with van der Waals surface area (Å²) in [5.74, 6) is -0.441. The molecule has 1 saturated heterocycles. The highest BCUT2D eigenvalue weighted by Crippen LogP contribution is 2.23. The third-order valence-corrected chi connectivity index (χ3v) is 5.36. The van der Waals surface area contributed by atoms with Crippen molar-refractivity contribution in [3.63, 3.8) is 0 Å². The number of aliphatic hydroxyl groups excluding tert-OH is 1. The number of rotatable bonds is 7. The highest BCUT2D eigenvalue weighted by atomic mass is 35.5. The second-order valence-electron chi connectivity index (χ2n) is 6.98. The van der Waals surface area contributed by atoms with Crippen LogP contribution in [0.4, 0.5) is 4.39 Å². The number of amides is 1. The van der Waals surface area contributed by atoms with Crippen LogP contribution in [0.3, 0.4) is 0 Å². The smallest absolute Gasteiger partial charge is 0.255 e. The van der Waals surface area contributed by atoms with Crippen LogP contribution >= 0.6 is 23.2 Å². The lowest BCUT2D eigenvalue weighted by Crippen LogP contribution is -2.50. The monoisotopic (exact) mass is 440 g/mol. The van der Waals surface area contributed by atoms with Gasteiger partial charge in [-0.3, -0.25) is 9.69 Å². The molecule has 1 atom stereocenters. The third kappa shape index (κ3) is 6.14. The molecule has 2 aromatic carbocycles. The van der Waals surface area contributed by atoms with Gasteiger partial charge in [0.15, 0.2) is 0 Å². The van der Waals surface area contributed by atoms with Crippen molar-refractivity contribution in [2.45, 2.75) is 12.7 Å². The molecule has 29 heavy (non-hydrogen) atoms. The molecule has 1 amide bonds. The number of carbonyl (C=O) groups is 1. The van der Waals surface area contributed by atoms with Crippen molar-refractivity contribution in [3.8, 4) is 0 Å². The van der Waals surface area contributed by atoms with Gasteiger partial charge in [-0.05, 0) is 24.3 Å². The van der Waals surface area contributed by atoms with Crippen molar-refractivity contribution < 1.29 is 19.0 Å². The van der Waals surface area contributed by atoms with Gasteiger partial charge in [0.2, 0.25) is 0 Å². The summed E-state index contributed by atoms with van der Waals surface area (Å²) < 4.78 is 19.0. The molecule has 8 heteroatoms. The highest BCUT2D eigenvalue weighted by Gasteiger charge is 2.24. The number of benzene rings is 2. The summed E-state index contributed by atoms with van der Waals surface area (Å²) in [6.45, 7) is 3.03. The van der Waals surface area contributed by atoms with Crippen molar-refractivity contribution in [2.75, 3.05) is 39.3 Å². The Kier molecular flexibility index (Phi) is 7.86. The number of carbonyl (C=O) groups excluding carboxylic acids is 1. The van der Waals surface area contributed by atoms with Crippen LogP contribution in [-0.2, 0) is 11.3 Å². The molecule has 1 fully saturated rings. The van der Waals surface area contributed by atoms with Crippen molar-refractivity contribution in [2.24, 2.45) is 0 Å². The van der Waals surface area contributed by atoms with E-state index in [4.69, 9.17) is 27.9 Å². The second-order valence-corrected chi connectivity index (χ2v) is 7.82. The van der Waals surface area contributed by atoms with Crippen LogP contribution in [0.1, 0.15) is 15.9 Å². The van der Waals surface area contributed by atoms with E-state index in [1.165, 1.54) is 6.07 Å².